The molecule has 1 saturated carbocycles. The third-order valence-corrected chi connectivity index (χ3v) is 2.59. The molecule has 5 nitrogen and oxygen atoms in total. The Balaban J connectivity index is 1.91. The zero-order chi connectivity index (χ0) is 10.1. The summed E-state index contributed by atoms with van der Waals surface area (Å²) in [5, 5.41) is 10.9. The predicted molar refractivity (Wildman–Crippen MR) is 52.7 cm³/mol. The molecule has 0 saturated heterocycles. The predicted octanol–water partition coefficient (Wildman–Crippen LogP) is 1.30. The van der Waals surface area contributed by atoms with Gasteiger partial charge in [0.1, 0.15) is 0 Å². The second-order valence-electron chi connectivity index (χ2n) is 3.89. The van der Waals surface area contributed by atoms with Crippen LogP contribution in [0.2, 0.25) is 0 Å². The summed E-state index contributed by atoms with van der Waals surface area (Å²) in [7, 11) is 0. The van der Waals surface area contributed by atoms with E-state index >= 15 is 0 Å². The van der Waals surface area contributed by atoms with Gasteiger partial charge in [0.25, 0.3) is 0 Å². The van der Waals surface area contributed by atoms with Crippen LogP contribution in [0.3, 0.4) is 0 Å². The number of nitrogens with two attached hydrogens (primary N) is 1. The molecule has 78 valence electrons. The van der Waals surface area contributed by atoms with Gasteiger partial charge >= 0.3 is 6.01 Å². The van der Waals surface area contributed by atoms with Crippen LogP contribution in [0.4, 0.5) is 6.01 Å². The molecule has 2 rings (SSSR count). The van der Waals surface area contributed by atoms with Crippen molar-refractivity contribution >= 4 is 6.01 Å². The van der Waals surface area contributed by atoms with Crippen LogP contribution in [0.15, 0.2) is 4.42 Å². The lowest BCUT2D eigenvalue weighted by molar-refractivity contribution is 0.472. The van der Waals surface area contributed by atoms with E-state index in [1.165, 1.54) is 12.8 Å². The highest BCUT2D eigenvalue weighted by Crippen LogP contribution is 2.35. The maximum Gasteiger partial charge on any atom is 0.315 e. The van der Waals surface area contributed by atoms with Crippen LogP contribution in [0.25, 0.3) is 0 Å². The van der Waals surface area contributed by atoms with Crippen molar-refractivity contribution < 1.29 is 4.42 Å². The normalized spacial score (nSPS) is 27.4. The number of rotatable bonds is 4. The first-order chi connectivity index (χ1) is 6.70. The maximum atomic E-state index is 5.60. The average molecular weight is 196 g/mol. The lowest BCUT2D eigenvalue weighted by atomic mass is 10.3. The van der Waals surface area contributed by atoms with Gasteiger partial charge in [-0.1, -0.05) is 18.4 Å². The van der Waals surface area contributed by atoms with E-state index in [-0.39, 0.29) is 6.04 Å². The lowest BCUT2D eigenvalue weighted by Gasteiger charge is -1.98. The molecule has 3 N–H and O–H groups in total. The van der Waals surface area contributed by atoms with Crippen molar-refractivity contribution in [2.24, 2.45) is 11.7 Å². The quantitative estimate of drug-likeness (QED) is 0.759. The molecule has 3 atom stereocenters. The van der Waals surface area contributed by atoms with E-state index in [4.69, 9.17) is 10.2 Å². The molecule has 3 unspecified atom stereocenters. The Bertz CT molecular complexity index is 310. The van der Waals surface area contributed by atoms with Crippen molar-refractivity contribution in [1.82, 2.24) is 10.2 Å². The Morgan fingerprint density at radius 1 is 1.64 bits per heavy atom. The summed E-state index contributed by atoms with van der Waals surface area (Å²) in [6.07, 6.45) is 2.40. The molecular formula is C9H16N4O. The van der Waals surface area contributed by atoms with Crippen LogP contribution in [0, 0.1) is 5.92 Å². The standard InChI is InChI=1S/C9H16N4O/c1-3-6-4-7(6)11-9-13-12-8(14-9)5(2)10/h5-7H,3-4,10H2,1-2H3,(H,11,13). The van der Waals surface area contributed by atoms with Crippen LogP contribution in [-0.4, -0.2) is 16.2 Å². The number of aromatic nitrogens is 2. The molecule has 14 heavy (non-hydrogen) atoms. The molecule has 1 aromatic heterocycles. The summed E-state index contributed by atoms with van der Waals surface area (Å²) in [5.74, 6) is 1.25. The van der Waals surface area contributed by atoms with Crippen LogP contribution >= 0.6 is 0 Å². The molecule has 0 spiro atoms. The minimum Gasteiger partial charge on any atom is -0.406 e. The number of hydrogen-bond acceptors (Lipinski definition) is 5. The molecule has 0 amide bonds. The highest BCUT2D eigenvalue weighted by molar-refractivity contribution is 5.24. The van der Waals surface area contributed by atoms with Gasteiger partial charge in [-0.05, 0) is 19.3 Å². The van der Waals surface area contributed by atoms with Crippen molar-refractivity contribution in [2.45, 2.75) is 38.8 Å². The monoisotopic (exact) mass is 196 g/mol. The minimum atomic E-state index is -0.195. The van der Waals surface area contributed by atoms with E-state index in [0.717, 1.165) is 5.92 Å². The Hall–Kier alpha value is -1.10. The fraction of sp³-hybridized carbons (Fsp3) is 0.778. The number of nitrogens with zero attached hydrogens (tertiary/aromatic N) is 2. The fourth-order valence-electron chi connectivity index (χ4n) is 1.51. The Morgan fingerprint density at radius 3 is 2.93 bits per heavy atom. The molecule has 5 heteroatoms. The smallest absolute Gasteiger partial charge is 0.315 e. The third kappa shape index (κ3) is 1.87. The van der Waals surface area contributed by atoms with Gasteiger partial charge in [0, 0.05) is 6.04 Å². The van der Waals surface area contributed by atoms with E-state index in [1.807, 2.05) is 6.92 Å². The number of nitrogens with one attached hydrogen (secondary N) is 1. The molecule has 1 fully saturated rings. The van der Waals surface area contributed by atoms with Gasteiger partial charge in [-0.15, -0.1) is 5.10 Å². The van der Waals surface area contributed by atoms with E-state index in [2.05, 4.69) is 22.4 Å². The van der Waals surface area contributed by atoms with Gasteiger partial charge in [0.15, 0.2) is 0 Å². The van der Waals surface area contributed by atoms with Crippen molar-refractivity contribution in [1.29, 1.82) is 0 Å². The Kier molecular flexibility index (Phi) is 2.41. The second kappa shape index (κ2) is 3.57. The van der Waals surface area contributed by atoms with Gasteiger partial charge < -0.3 is 15.5 Å². The highest BCUT2D eigenvalue weighted by atomic mass is 16.4. The summed E-state index contributed by atoms with van der Waals surface area (Å²) < 4.78 is 5.33. The summed E-state index contributed by atoms with van der Waals surface area (Å²) in [6, 6.07) is 0.818. The zero-order valence-electron chi connectivity index (χ0n) is 8.53. The minimum absolute atomic E-state index is 0.195. The topological polar surface area (TPSA) is 77.0 Å². The lowest BCUT2D eigenvalue weighted by Crippen LogP contribution is -2.05. The average Bonchev–Trinajstić information content (AvgIpc) is 2.71. The zero-order valence-corrected chi connectivity index (χ0v) is 8.53. The first-order valence-electron chi connectivity index (χ1n) is 5.06. The van der Waals surface area contributed by atoms with Gasteiger partial charge in [0.05, 0.1) is 6.04 Å². The van der Waals surface area contributed by atoms with Crippen LogP contribution < -0.4 is 11.1 Å². The molecule has 1 aliphatic carbocycles. The summed E-state index contributed by atoms with van der Waals surface area (Å²) >= 11 is 0. The largest absolute Gasteiger partial charge is 0.406 e. The van der Waals surface area contributed by atoms with E-state index < -0.39 is 0 Å². The van der Waals surface area contributed by atoms with Crippen molar-refractivity contribution in [3.8, 4) is 0 Å². The first-order valence-corrected chi connectivity index (χ1v) is 5.06. The Labute approximate surface area is 83.1 Å². The van der Waals surface area contributed by atoms with E-state index in [1.54, 1.807) is 0 Å². The maximum absolute atomic E-state index is 5.60. The summed E-state index contributed by atoms with van der Waals surface area (Å²) in [5.41, 5.74) is 5.60. The molecule has 0 aromatic carbocycles. The van der Waals surface area contributed by atoms with E-state index in [0.29, 0.717) is 17.9 Å². The van der Waals surface area contributed by atoms with Crippen LogP contribution in [0.1, 0.15) is 38.6 Å². The van der Waals surface area contributed by atoms with Gasteiger partial charge in [0.2, 0.25) is 5.89 Å². The molecule has 0 bridgehead atoms. The summed E-state index contributed by atoms with van der Waals surface area (Å²) in [4.78, 5) is 0. The third-order valence-electron chi connectivity index (χ3n) is 2.59. The fourth-order valence-corrected chi connectivity index (χ4v) is 1.51. The molecule has 1 aliphatic rings. The first kappa shape index (κ1) is 9.45. The molecule has 0 aliphatic heterocycles. The van der Waals surface area contributed by atoms with Crippen LogP contribution in [0.5, 0.6) is 0 Å². The molecule has 1 aromatic rings. The SMILES string of the molecule is CCC1CC1Nc1nnc(C(C)N)o1. The highest BCUT2D eigenvalue weighted by Gasteiger charge is 2.36. The summed E-state index contributed by atoms with van der Waals surface area (Å²) in [6.45, 7) is 4.01. The molecule has 0 radical (unpaired) electrons. The van der Waals surface area contributed by atoms with Crippen LogP contribution in [-0.2, 0) is 0 Å². The van der Waals surface area contributed by atoms with Crippen molar-refractivity contribution in [3.63, 3.8) is 0 Å². The second-order valence-corrected chi connectivity index (χ2v) is 3.89. The van der Waals surface area contributed by atoms with Gasteiger partial charge in [-0.2, -0.15) is 0 Å². The van der Waals surface area contributed by atoms with Gasteiger partial charge in [-0.25, -0.2) is 0 Å². The van der Waals surface area contributed by atoms with Gasteiger partial charge in [-0.3, -0.25) is 0 Å². The number of anilines is 1. The van der Waals surface area contributed by atoms with Crippen molar-refractivity contribution in [2.75, 3.05) is 5.32 Å². The van der Waals surface area contributed by atoms with E-state index in [9.17, 15) is 0 Å². The molecule has 1 heterocycles. The Morgan fingerprint density at radius 2 is 2.43 bits per heavy atom. The molecular weight excluding hydrogens is 180 g/mol. The number of hydrogen-bond donors (Lipinski definition) is 2. The van der Waals surface area contributed by atoms with Crippen molar-refractivity contribution in [3.05, 3.63) is 5.89 Å².